The maximum atomic E-state index is 13.1. The van der Waals surface area contributed by atoms with Crippen molar-refractivity contribution in [1.29, 1.82) is 0 Å². The quantitative estimate of drug-likeness (QED) is 0.796. The van der Waals surface area contributed by atoms with Crippen molar-refractivity contribution in [2.24, 2.45) is 0 Å². The molecule has 0 saturated carbocycles. The second-order valence-corrected chi connectivity index (χ2v) is 4.91. The minimum absolute atomic E-state index is 0.0542. The van der Waals surface area contributed by atoms with Gasteiger partial charge < -0.3 is 4.74 Å². The number of benzene rings is 1. The maximum Gasteiger partial charge on any atom is 0.337 e. The zero-order chi connectivity index (χ0) is 15.0. The highest BCUT2D eigenvalue weighted by molar-refractivity contribution is 5.92. The number of hydrazine groups is 1. The van der Waals surface area contributed by atoms with Crippen molar-refractivity contribution in [2.45, 2.75) is 19.4 Å². The zero-order valence-corrected chi connectivity index (χ0v) is 11.6. The molecule has 110 valence electrons. The van der Waals surface area contributed by atoms with E-state index in [0.717, 1.165) is 5.56 Å². The summed E-state index contributed by atoms with van der Waals surface area (Å²) in [7, 11) is 0. The molecule has 0 radical (unpaired) electrons. The molecule has 1 fully saturated rings. The lowest BCUT2D eigenvalue weighted by Crippen LogP contribution is -2.33. The number of hydrogen-bond acceptors (Lipinski definition) is 4. The Morgan fingerprint density at radius 3 is 2.76 bits per heavy atom. The number of halogens is 1. The van der Waals surface area contributed by atoms with Gasteiger partial charge in [-0.25, -0.2) is 19.2 Å². The van der Waals surface area contributed by atoms with Crippen molar-refractivity contribution in [3.63, 3.8) is 0 Å². The molecule has 1 amide bonds. The fourth-order valence-electron chi connectivity index (χ4n) is 2.71. The van der Waals surface area contributed by atoms with Gasteiger partial charge in [0, 0.05) is 19.2 Å². The van der Waals surface area contributed by atoms with Crippen LogP contribution in [0.1, 0.15) is 24.9 Å². The summed E-state index contributed by atoms with van der Waals surface area (Å²) in [6, 6.07) is 5.53. The van der Waals surface area contributed by atoms with E-state index >= 15 is 0 Å². The molecule has 21 heavy (non-hydrogen) atoms. The van der Waals surface area contributed by atoms with Crippen molar-refractivity contribution in [3.05, 3.63) is 47.4 Å². The van der Waals surface area contributed by atoms with Crippen LogP contribution in [-0.2, 0) is 14.3 Å². The van der Waals surface area contributed by atoms with Gasteiger partial charge >= 0.3 is 5.97 Å². The molecule has 2 aliphatic rings. The average molecular weight is 290 g/mol. The Morgan fingerprint density at radius 1 is 1.38 bits per heavy atom. The number of amides is 1. The first-order chi connectivity index (χ1) is 10.1. The van der Waals surface area contributed by atoms with Gasteiger partial charge in [-0.1, -0.05) is 12.1 Å². The zero-order valence-electron chi connectivity index (χ0n) is 11.6. The summed E-state index contributed by atoms with van der Waals surface area (Å²) in [5.74, 6) is -0.844. The molecule has 0 bridgehead atoms. The highest BCUT2D eigenvalue weighted by atomic mass is 19.1. The minimum atomic E-state index is -0.450. The second-order valence-electron chi connectivity index (χ2n) is 4.91. The summed E-state index contributed by atoms with van der Waals surface area (Å²) in [5.41, 5.74) is 1.16. The molecular formula is C15H15FN2O3. The molecular weight excluding hydrogens is 275 g/mol. The normalized spacial score (nSPS) is 21.4. The van der Waals surface area contributed by atoms with Gasteiger partial charge in [-0.2, -0.15) is 0 Å². The average Bonchev–Trinajstić information content (AvgIpc) is 3.01. The van der Waals surface area contributed by atoms with Crippen LogP contribution in [0.5, 0.6) is 0 Å². The molecule has 1 atom stereocenters. The molecule has 2 heterocycles. The van der Waals surface area contributed by atoms with Crippen molar-refractivity contribution in [1.82, 2.24) is 10.0 Å². The van der Waals surface area contributed by atoms with E-state index in [1.807, 2.05) is 5.01 Å². The van der Waals surface area contributed by atoms with Gasteiger partial charge in [0.15, 0.2) is 0 Å². The van der Waals surface area contributed by atoms with Crippen LogP contribution >= 0.6 is 0 Å². The molecule has 1 saturated heterocycles. The third-order valence-corrected chi connectivity index (χ3v) is 3.64. The molecule has 1 aromatic rings. The van der Waals surface area contributed by atoms with E-state index < -0.39 is 12.0 Å². The van der Waals surface area contributed by atoms with Crippen molar-refractivity contribution in [3.8, 4) is 0 Å². The topological polar surface area (TPSA) is 49.9 Å². The predicted molar refractivity (Wildman–Crippen MR) is 72.0 cm³/mol. The van der Waals surface area contributed by atoms with Gasteiger partial charge in [-0.3, -0.25) is 4.79 Å². The Bertz CT molecular complexity index is 612. The lowest BCUT2D eigenvalue weighted by atomic mass is 9.99. The largest absolute Gasteiger partial charge is 0.463 e. The van der Waals surface area contributed by atoms with E-state index in [1.54, 1.807) is 19.1 Å². The van der Waals surface area contributed by atoms with Gasteiger partial charge in [0.25, 0.3) is 0 Å². The van der Waals surface area contributed by atoms with Crippen LogP contribution < -0.4 is 0 Å². The molecule has 1 aromatic carbocycles. The highest BCUT2D eigenvalue weighted by Crippen LogP contribution is 2.39. The van der Waals surface area contributed by atoms with Gasteiger partial charge in [0.2, 0.25) is 5.91 Å². The second kappa shape index (κ2) is 5.29. The number of nitrogens with zero attached hydrogens (tertiary/aromatic N) is 2. The summed E-state index contributed by atoms with van der Waals surface area (Å²) in [6.07, 6.45) is 1.94. The first-order valence-corrected chi connectivity index (χ1v) is 6.84. The summed E-state index contributed by atoms with van der Waals surface area (Å²) >= 11 is 0. The summed E-state index contributed by atoms with van der Waals surface area (Å²) in [4.78, 5) is 23.9. The summed E-state index contributed by atoms with van der Waals surface area (Å²) in [5, 5.41) is 3.27. The van der Waals surface area contributed by atoms with E-state index in [4.69, 9.17) is 4.74 Å². The molecule has 0 N–H and O–H groups in total. The van der Waals surface area contributed by atoms with Gasteiger partial charge in [-0.05, 0) is 24.6 Å². The van der Waals surface area contributed by atoms with Crippen LogP contribution in [0, 0.1) is 5.82 Å². The summed E-state index contributed by atoms with van der Waals surface area (Å²) in [6.45, 7) is 2.52. The van der Waals surface area contributed by atoms with Crippen molar-refractivity contribution in [2.75, 3.05) is 13.2 Å². The summed E-state index contributed by atoms with van der Waals surface area (Å²) < 4.78 is 18.2. The van der Waals surface area contributed by atoms with E-state index in [-0.39, 0.29) is 18.3 Å². The van der Waals surface area contributed by atoms with Crippen molar-refractivity contribution >= 4 is 11.9 Å². The Labute approximate surface area is 121 Å². The molecule has 5 nitrogen and oxygen atoms in total. The fourth-order valence-corrected chi connectivity index (χ4v) is 2.71. The number of esters is 1. The number of carbonyl (C=O) groups excluding carboxylic acids is 2. The van der Waals surface area contributed by atoms with E-state index in [2.05, 4.69) is 0 Å². The van der Waals surface area contributed by atoms with Crippen molar-refractivity contribution < 1.29 is 18.7 Å². The molecule has 0 aromatic heterocycles. The van der Waals surface area contributed by atoms with Crippen LogP contribution in [0.25, 0.3) is 0 Å². The van der Waals surface area contributed by atoms with Gasteiger partial charge in [0.05, 0.1) is 18.2 Å². The molecule has 1 unspecified atom stereocenters. The Balaban J connectivity index is 1.98. The minimum Gasteiger partial charge on any atom is -0.463 e. The Hall–Kier alpha value is -2.21. The molecule has 6 heteroatoms. The maximum absolute atomic E-state index is 13.1. The van der Waals surface area contributed by atoms with Gasteiger partial charge in [0.1, 0.15) is 5.82 Å². The SMILES string of the molecule is CCOC(=O)C1=CN2C(=O)CCN2C1c1ccc(F)cc1. The molecule has 0 spiro atoms. The number of fused-ring (bicyclic) bond motifs is 1. The lowest BCUT2D eigenvalue weighted by Gasteiger charge is -2.26. The predicted octanol–water partition coefficient (Wildman–Crippen LogP) is 1.78. The van der Waals surface area contributed by atoms with Crippen LogP contribution in [-0.4, -0.2) is 35.0 Å². The lowest BCUT2D eigenvalue weighted by molar-refractivity contribution is -0.139. The van der Waals surface area contributed by atoms with Crippen LogP contribution in [0.2, 0.25) is 0 Å². The third-order valence-electron chi connectivity index (χ3n) is 3.64. The fraction of sp³-hybridized carbons (Fsp3) is 0.333. The Morgan fingerprint density at radius 2 is 2.10 bits per heavy atom. The standard InChI is InChI=1S/C15H15FN2O3/c1-2-21-15(20)12-9-18-13(19)7-8-17(18)14(12)10-3-5-11(16)6-4-10/h3-6,9,14H,2,7-8H2,1H3. The van der Waals surface area contributed by atoms with E-state index in [9.17, 15) is 14.0 Å². The van der Waals surface area contributed by atoms with Crippen LogP contribution in [0.15, 0.2) is 36.0 Å². The van der Waals surface area contributed by atoms with E-state index in [0.29, 0.717) is 18.5 Å². The molecule has 2 aliphatic heterocycles. The van der Waals surface area contributed by atoms with Crippen LogP contribution in [0.3, 0.4) is 0 Å². The molecule has 0 aliphatic carbocycles. The Kier molecular flexibility index (Phi) is 3.47. The first-order valence-electron chi connectivity index (χ1n) is 6.84. The molecule has 3 rings (SSSR count). The van der Waals surface area contributed by atoms with E-state index in [1.165, 1.54) is 23.3 Å². The number of hydrogen-bond donors (Lipinski definition) is 0. The van der Waals surface area contributed by atoms with Crippen LogP contribution in [0.4, 0.5) is 4.39 Å². The third kappa shape index (κ3) is 2.31. The number of carbonyl (C=O) groups is 2. The van der Waals surface area contributed by atoms with Gasteiger partial charge in [-0.15, -0.1) is 0 Å². The highest BCUT2D eigenvalue weighted by Gasteiger charge is 2.44. The number of rotatable bonds is 3. The first kappa shape index (κ1) is 13.8. The monoisotopic (exact) mass is 290 g/mol. The number of ether oxygens (including phenoxy) is 1. The smallest absolute Gasteiger partial charge is 0.337 e.